The van der Waals surface area contributed by atoms with Gasteiger partial charge in [0.1, 0.15) is 5.65 Å². The minimum atomic E-state index is 0.906. The van der Waals surface area contributed by atoms with E-state index in [1.807, 2.05) is 12.3 Å². The first kappa shape index (κ1) is 9.85. The van der Waals surface area contributed by atoms with Gasteiger partial charge >= 0.3 is 0 Å². The van der Waals surface area contributed by atoms with Crippen LogP contribution in [0.25, 0.3) is 11.0 Å². The van der Waals surface area contributed by atoms with Crippen LogP contribution in [0.5, 0.6) is 0 Å². The molecule has 2 N–H and O–H groups in total. The summed E-state index contributed by atoms with van der Waals surface area (Å²) in [6.45, 7) is 4.41. The number of pyridine rings is 1. The van der Waals surface area contributed by atoms with E-state index < -0.39 is 0 Å². The van der Waals surface area contributed by atoms with Crippen molar-refractivity contribution in [1.82, 2.24) is 15.3 Å². The second kappa shape index (κ2) is 3.91. The fourth-order valence-corrected chi connectivity index (χ4v) is 2.23. The molecule has 2 aromatic rings. The molecule has 0 radical (unpaired) electrons. The van der Waals surface area contributed by atoms with E-state index in [4.69, 9.17) is 0 Å². The summed E-state index contributed by atoms with van der Waals surface area (Å²) >= 11 is 0. The molecule has 2 heterocycles. The Morgan fingerprint density at radius 3 is 3.25 bits per heavy atom. The highest BCUT2D eigenvalue weighted by Crippen LogP contribution is 2.36. The molecule has 2 unspecified atom stereocenters. The van der Waals surface area contributed by atoms with E-state index in [-0.39, 0.29) is 0 Å². The molecular formula is C13H17N3. The normalized spacial score (nSPS) is 23.8. The highest BCUT2D eigenvalue weighted by molar-refractivity contribution is 5.79. The van der Waals surface area contributed by atoms with Crippen molar-refractivity contribution < 1.29 is 0 Å². The second-order valence-electron chi connectivity index (χ2n) is 4.82. The molecule has 1 fully saturated rings. The van der Waals surface area contributed by atoms with Crippen LogP contribution in [0, 0.1) is 11.8 Å². The standard InChI is InChI=1S/C13H17N3/c1-9-5-10(9)6-14-7-11-8-16-13-12(11)3-2-4-15-13/h2-4,8-10,14H,5-7H2,1H3,(H,15,16). The lowest BCUT2D eigenvalue weighted by Crippen LogP contribution is -2.16. The number of rotatable bonds is 4. The fourth-order valence-electron chi connectivity index (χ4n) is 2.23. The van der Waals surface area contributed by atoms with Gasteiger partial charge in [0.15, 0.2) is 0 Å². The zero-order chi connectivity index (χ0) is 11.0. The molecule has 0 bridgehead atoms. The van der Waals surface area contributed by atoms with E-state index in [0.717, 1.165) is 30.6 Å². The summed E-state index contributed by atoms with van der Waals surface area (Å²) in [7, 11) is 0. The lowest BCUT2D eigenvalue weighted by molar-refractivity contribution is 0.613. The Kier molecular flexibility index (Phi) is 2.40. The van der Waals surface area contributed by atoms with Crippen LogP contribution in [0.4, 0.5) is 0 Å². The van der Waals surface area contributed by atoms with Crippen molar-refractivity contribution in [3.05, 3.63) is 30.1 Å². The van der Waals surface area contributed by atoms with E-state index in [1.165, 1.54) is 17.4 Å². The van der Waals surface area contributed by atoms with Gasteiger partial charge < -0.3 is 10.3 Å². The number of nitrogens with one attached hydrogen (secondary N) is 2. The van der Waals surface area contributed by atoms with Crippen LogP contribution < -0.4 is 5.32 Å². The van der Waals surface area contributed by atoms with Crippen LogP contribution in [-0.2, 0) is 6.54 Å². The Morgan fingerprint density at radius 2 is 2.44 bits per heavy atom. The van der Waals surface area contributed by atoms with E-state index in [0.29, 0.717) is 0 Å². The van der Waals surface area contributed by atoms with Crippen LogP contribution in [0.15, 0.2) is 24.5 Å². The fraction of sp³-hybridized carbons (Fsp3) is 0.462. The molecule has 3 rings (SSSR count). The summed E-state index contributed by atoms with van der Waals surface area (Å²) in [5.74, 6) is 1.83. The summed E-state index contributed by atoms with van der Waals surface area (Å²) < 4.78 is 0. The number of H-pyrrole nitrogens is 1. The van der Waals surface area contributed by atoms with Crippen LogP contribution >= 0.6 is 0 Å². The minimum absolute atomic E-state index is 0.906. The van der Waals surface area contributed by atoms with Gasteiger partial charge in [0, 0.05) is 24.3 Å². The third kappa shape index (κ3) is 1.83. The predicted molar refractivity (Wildman–Crippen MR) is 65.1 cm³/mol. The van der Waals surface area contributed by atoms with Gasteiger partial charge in [0.2, 0.25) is 0 Å². The van der Waals surface area contributed by atoms with Gasteiger partial charge in [-0.05, 0) is 42.5 Å². The Hall–Kier alpha value is -1.35. The Morgan fingerprint density at radius 1 is 1.56 bits per heavy atom. The lowest BCUT2D eigenvalue weighted by atomic mass is 10.2. The van der Waals surface area contributed by atoms with E-state index in [1.54, 1.807) is 0 Å². The van der Waals surface area contributed by atoms with Crippen LogP contribution in [0.2, 0.25) is 0 Å². The first-order valence-corrected chi connectivity index (χ1v) is 5.96. The van der Waals surface area contributed by atoms with E-state index >= 15 is 0 Å². The Balaban J connectivity index is 1.65. The molecule has 2 atom stereocenters. The topological polar surface area (TPSA) is 40.7 Å². The molecular weight excluding hydrogens is 198 g/mol. The molecule has 2 aromatic heterocycles. The van der Waals surface area contributed by atoms with Gasteiger partial charge in [-0.25, -0.2) is 4.98 Å². The summed E-state index contributed by atoms with van der Waals surface area (Å²) in [6, 6.07) is 4.11. The van der Waals surface area contributed by atoms with Gasteiger partial charge in [-0.15, -0.1) is 0 Å². The SMILES string of the molecule is CC1CC1CNCc1c[nH]c2ncccc12. The molecule has 1 aliphatic carbocycles. The molecule has 0 saturated heterocycles. The van der Waals surface area contributed by atoms with Crippen molar-refractivity contribution in [2.24, 2.45) is 11.8 Å². The Labute approximate surface area is 95.3 Å². The molecule has 1 saturated carbocycles. The lowest BCUT2D eigenvalue weighted by Gasteiger charge is -2.02. The summed E-state index contributed by atoms with van der Waals surface area (Å²) in [4.78, 5) is 7.49. The quantitative estimate of drug-likeness (QED) is 0.821. The van der Waals surface area contributed by atoms with Crippen molar-refractivity contribution in [2.75, 3.05) is 6.54 Å². The molecule has 0 aliphatic heterocycles. The molecule has 3 nitrogen and oxygen atoms in total. The maximum Gasteiger partial charge on any atom is 0.137 e. The third-order valence-electron chi connectivity index (χ3n) is 3.53. The highest BCUT2D eigenvalue weighted by Gasteiger charge is 2.31. The zero-order valence-electron chi connectivity index (χ0n) is 9.53. The molecule has 0 amide bonds. The molecule has 0 spiro atoms. The molecule has 16 heavy (non-hydrogen) atoms. The van der Waals surface area contributed by atoms with Gasteiger partial charge in [0.05, 0.1) is 0 Å². The van der Waals surface area contributed by atoms with Gasteiger partial charge in [-0.1, -0.05) is 6.92 Å². The summed E-state index contributed by atoms with van der Waals surface area (Å²) in [5, 5.41) is 4.76. The van der Waals surface area contributed by atoms with E-state index in [2.05, 4.69) is 34.5 Å². The van der Waals surface area contributed by atoms with Crippen molar-refractivity contribution in [3.63, 3.8) is 0 Å². The van der Waals surface area contributed by atoms with Crippen LogP contribution in [-0.4, -0.2) is 16.5 Å². The third-order valence-corrected chi connectivity index (χ3v) is 3.53. The average molecular weight is 215 g/mol. The maximum absolute atomic E-state index is 4.29. The van der Waals surface area contributed by atoms with Gasteiger partial charge in [-0.2, -0.15) is 0 Å². The van der Waals surface area contributed by atoms with Gasteiger partial charge in [0.25, 0.3) is 0 Å². The average Bonchev–Trinajstić information content (AvgIpc) is 2.86. The highest BCUT2D eigenvalue weighted by atomic mass is 14.9. The molecule has 3 heteroatoms. The molecule has 0 aromatic carbocycles. The summed E-state index contributed by atoms with van der Waals surface area (Å²) in [6.07, 6.45) is 5.27. The van der Waals surface area contributed by atoms with Crippen molar-refractivity contribution >= 4 is 11.0 Å². The van der Waals surface area contributed by atoms with Crippen molar-refractivity contribution in [3.8, 4) is 0 Å². The Bertz CT molecular complexity index is 489. The van der Waals surface area contributed by atoms with E-state index in [9.17, 15) is 0 Å². The number of hydrogen-bond acceptors (Lipinski definition) is 2. The zero-order valence-corrected chi connectivity index (χ0v) is 9.53. The number of aromatic amines is 1. The van der Waals surface area contributed by atoms with Crippen LogP contribution in [0.1, 0.15) is 18.9 Å². The predicted octanol–water partition coefficient (Wildman–Crippen LogP) is 2.31. The minimum Gasteiger partial charge on any atom is -0.346 e. The smallest absolute Gasteiger partial charge is 0.137 e. The number of nitrogens with zero attached hydrogens (tertiary/aromatic N) is 1. The molecule has 1 aliphatic rings. The molecule has 84 valence electrons. The number of aromatic nitrogens is 2. The number of fused-ring (bicyclic) bond motifs is 1. The monoisotopic (exact) mass is 215 g/mol. The first-order chi connectivity index (χ1) is 7.84. The summed E-state index contributed by atoms with van der Waals surface area (Å²) in [5.41, 5.74) is 2.30. The van der Waals surface area contributed by atoms with Crippen LogP contribution in [0.3, 0.4) is 0 Å². The van der Waals surface area contributed by atoms with Gasteiger partial charge in [-0.3, -0.25) is 0 Å². The number of hydrogen-bond donors (Lipinski definition) is 2. The van der Waals surface area contributed by atoms with Crippen molar-refractivity contribution in [2.45, 2.75) is 19.9 Å². The largest absolute Gasteiger partial charge is 0.346 e. The first-order valence-electron chi connectivity index (χ1n) is 5.96. The van der Waals surface area contributed by atoms with Crippen molar-refractivity contribution in [1.29, 1.82) is 0 Å². The maximum atomic E-state index is 4.29. The second-order valence-corrected chi connectivity index (χ2v) is 4.82.